The third-order valence-electron chi connectivity index (χ3n) is 2.50. The summed E-state index contributed by atoms with van der Waals surface area (Å²) in [5.74, 6) is 0. The minimum Gasteiger partial charge on any atom is -0.385 e. The van der Waals surface area contributed by atoms with Gasteiger partial charge in [0.15, 0.2) is 6.10 Å². The van der Waals surface area contributed by atoms with E-state index >= 15 is 0 Å². The first-order chi connectivity index (χ1) is 8.22. The van der Waals surface area contributed by atoms with Crippen LogP contribution in [0.15, 0.2) is 36.5 Å². The summed E-state index contributed by atoms with van der Waals surface area (Å²) in [6, 6.07) is 10.3. The molecule has 0 saturated heterocycles. The first-order valence-corrected chi connectivity index (χ1v) is 5.08. The Morgan fingerprint density at radius 2 is 1.88 bits per heavy atom. The van der Waals surface area contributed by atoms with Crippen LogP contribution in [0, 0.1) is 11.3 Å². The number of nitrogens with zero attached hydrogens (tertiary/aromatic N) is 2. The Labute approximate surface area is 98.0 Å². The van der Waals surface area contributed by atoms with Crippen LogP contribution in [0.3, 0.4) is 0 Å². The maximum absolute atomic E-state index is 9.62. The number of hydrogen-bond donors (Lipinski definition) is 3. The summed E-state index contributed by atoms with van der Waals surface area (Å²) in [6.45, 7) is 0. The molecule has 1 aromatic heterocycles. The lowest BCUT2D eigenvalue weighted by molar-refractivity contribution is 0.0528. The second kappa shape index (κ2) is 4.78. The molecule has 0 aliphatic heterocycles. The van der Waals surface area contributed by atoms with Gasteiger partial charge in [0.2, 0.25) is 0 Å². The third kappa shape index (κ3) is 2.33. The van der Waals surface area contributed by atoms with Gasteiger partial charge in [-0.2, -0.15) is 10.4 Å². The zero-order valence-corrected chi connectivity index (χ0v) is 8.91. The lowest BCUT2D eigenvalue weighted by Crippen LogP contribution is -2.15. The topological polar surface area (TPSA) is 92.9 Å². The van der Waals surface area contributed by atoms with Crippen LogP contribution in [0.2, 0.25) is 0 Å². The van der Waals surface area contributed by atoms with Gasteiger partial charge in [-0.25, -0.2) is 0 Å². The van der Waals surface area contributed by atoms with Crippen LogP contribution in [0.4, 0.5) is 0 Å². The third-order valence-corrected chi connectivity index (χ3v) is 2.50. The van der Waals surface area contributed by atoms with E-state index in [-0.39, 0.29) is 0 Å². The highest BCUT2D eigenvalue weighted by Gasteiger charge is 2.17. The summed E-state index contributed by atoms with van der Waals surface area (Å²) >= 11 is 0. The van der Waals surface area contributed by atoms with Crippen molar-refractivity contribution in [2.75, 3.05) is 0 Å². The van der Waals surface area contributed by atoms with E-state index in [0.29, 0.717) is 5.56 Å². The smallest absolute Gasteiger partial charge is 0.170 e. The Morgan fingerprint density at radius 3 is 2.41 bits per heavy atom. The van der Waals surface area contributed by atoms with Gasteiger partial charge in [0.1, 0.15) is 6.10 Å². The van der Waals surface area contributed by atoms with Gasteiger partial charge in [-0.1, -0.05) is 24.3 Å². The molecule has 2 rings (SSSR count). The van der Waals surface area contributed by atoms with Crippen LogP contribution in [-0.2, 0) is 0 Å². The van der Waals surface area contributed by atoms with Crippen molar-refractivity contribution in [1.82, 2.24) is 10.2 Å². The molecule has 2 aromatic rings. The molecule has 0 saturated carbocycles. The van der Waals surface area contributed by atoms with Crippen LogP contribution in [0.1, 0.15) is 11.7 Å². The number of H-pyrrole nitrogens is 1. The van der Waals surface area contributed by atoms with Crippen LogP contribution >= 0.6 is 0 Å². The Morgan fingerprint density at radius 1 is 1.18 bits per heavy atom. The molecule has 1 aromatic carbocycles. The fourth-order valence-electron chi connectivity index (χ4n) is 1.53. The minimum atomic E-state index is -1.41. The number of hydrogen-bond acceptors (Lipinski definition) is 4. The SMILES string of the molecule is N#CC(O)C(O)c1ccc(-c2ccn[nH]2)cc1. The molecule has 3 N–H and O–H groups in total. The van der Waals surface area contributed by atoms with Crippen molar-refractivity contribution in [3.63, 3.8) is 0 Å². The quantitative estimate of drug-likeness (QED) is 0.684. The average molecular weight is 229 g/mol. The van der Waals surface area contributed by atoms with E-state index in [1.54, 1.807) is 36.5 Å². The standard InChI is InChI=1S/C12H11N3O2/c13-7-11(16)12(17)9-3-1-8(2-4-9)10-5-6-14-15-10/h1-6,11-12,16-17H,(H,14,15). The second-order valence-electron chi connectivity index (χ2n) is 3.61. The van der Waals surface area contributed by atoms with Crippen molar-refractivity contribution in [2.45, 2.75) is 12.2 Å². The summed E-state index contributed by atoms with van der Waals surface area (Å²) < 4.78 is 0. The lowest BCUT2D eigenvalue weighted by Gasteiger charge is -2.12. The first kappa shape index (κ1) is 11.3. The average Bonchev–Trinajstić information content (AvgIpc) is 2.91. The maximum Gasteiger partial charge on any atom is 0.170 e. The molecule has 0 bridgehead atoms. The van der Waals surface area contributed by atoms with E-state index in [2.05, 4.69) is 10.2 Å². The Kier molecular flexibility index (Phi) is 3.19. The van der Waals surface area contributed by atoms with E-state index in [1.807, 2.05) is 6.07 Å². The van der Waals surface area contributed by atoms with Crippen LogP contribution in [0.25, 0.3) is 11.3 Å². The number of aromatic nitrogens is 2. The number of nitrogens with one attached hydrogen (secondary N) is 1. The molecule has 2 atom stereocenters. The van der Waals surface area contributed by atoms with Crippen LogP contribution in [0.5, 0.6) is 0 Å². The van der Waals surface area contributed by atoms with Crippen molar-refractivity contribution in [2.24, 2.45) is 0 Å². The lowest BCUT2D eigenvalue weighted by atomic mass is 10.0. The molecule has 5 nitrogen and oxygen atoms in total. The number of aromatic amines is 1. The fraction of sp³-hybridized carbons (Fsp3) is 0.167. The largest absolute Gasteiger partial charge is 0.385 e. The summed E-state index contributed by atoms with van der Waals surface area (Å²) in [4.78, 5) is 0. The number of benzene rings is 1. The first-order valence-electron chi connectivity index (χ1n) is 5.08. The monoisotopic (exact) mass is 229 g/mol. The number of nitriles is 1. The summed E-state index contributed by atoms with van der Waals surface area (Å²) in [5.41, 5.74) is 2.29. The van der Waals surface area contributed by atoms with Crippen molar-refractivity contribution in [3.8, 4) is 17.3 Å². The highest BCUT2D eigenvalue weighted by atomic mass is 16.3. The number of rotatable bonds is 3. The van der Waals surface area contributed by atoms with Gasteiger partial charge in [-0.05, 0) is 17.2 Å². The molecule has 2 unspecified atom stereocenters. The Hall–Kier alpha value is -2.16. The molecule has 0 aliphatic carbocycles. The normalized spacial score (nSPS) is 13.9. The summed E-state index contributed by atoms with van der Waals surface area (Å²) in [6.07, 6.45) is -0.943. The number of aliphatic hydroxyl groups is 2. The van der Waals surface area contributed by atoms with E-state index in [4.69, 9.17) is 5.26 Å². The number of aliphatic hydroxyl groups excluding tert-OH is 2. The highest BCUT2D eigenvalue weighted by molar-refractivity contribution is 5.58. The molecule has 0 radical (unpaired) electrons. The van der Waals surface area contributed by atoms with E-state index in [1.165, 1.54) is 0 Å². The predicted octanol–water partition coefficient (Wildman–Crippen LogP) is 0.995. The Balaban J connectivity index is 2.22. The zero-order valence-electron chi connectivity index (χ0n) is 8.91. The zero-order chi connectivity index (χ0) is 12.3. The van der Waals surface area contributed by atoms with Crippen LogP contribution < -0.4 is 0 Å². The van der Waals surface area contributed by atoms with Crippen molar-refractivity contribution in [3.05, 3.63) is 42.1 Å². The van der Waals surface area contributed by atoms with E-state index in [0.717, 1.165) is 11.3 Å². The fourth-order valence-corrected chi connectivity index (χ4v) is 1.53. The molecule has 0 amide bonds. The summed E-state index contributed by atoms with van der Waals surface area (Å²) in [5, 5.41) is 34.0. The molecule has 0 fully saturated rings. The van der Waals surface area contributed by atoms with Gasteiger partial charge < -0.3 is 10.2 Å². The maximum atomic E-state index is 9.62. The van der Waals surface area contributed by atoms with Crippen molar-refractivity contribution >= 4 is 0 Å². The molecule has 0 aliphatic rings. The molecule has 0 spiro atoms. The van der Waals surface area contributed by atoms with E-state index in [9.17, 15) is 10.2 Å². The minimum absolute atomic E-state index is 0.502. The van der Waals surface area contributed by atoms with Gasteiger partial charge in [0.25, 0.3) is 0 Å². The Bertz CT molecular complexity index is 514. The molecule has 5 heteroatoms. The van der Waals surface area contributed by atoms with Gasteiger partial charge in [-0.15, -0.1) is 0 Å². The van der Waals surface area contributed by atoms with Crippen molar-refractivity contribution in [1.29, 1.82) is 5.26 Å². The second-order valence-corrected chi connectivity index (χ2v) is 3.61. The van der Waals surface area contributed by atoms with Gasteiger partial charge in [-0.3, -0.25) is 5.10 Å². The molecule has 86 valence electrons. The van der Waals surface area contributed by atoms with Crippen LogP contribution in [-0.4, -0.2) is 26.5 Å². The highest BCUT2D eigenvalue weighted by Crippen LogP contribution is 2.21. The van der Waals surface area contributed by atoms with Gasteiger partial charge >= 0.3 is 0 Å². The molecule has 1 heterocycles. The molecular weight excluding hydrogens is 218 g/mol. The summed E-state index contributed by atoms with van der Waals surface area (Å²) in [7, 11) is 0. The van der Waals surface area contributed by atoms with Crippen molar-refractivity contribution < 1.29 is 10.2 Å². The van der Waals surface area contributed by atoms with E-state index < -0.39 is 12.2 Å². The van der Waals surface area contributed by atoms with Gasteiger partial charge in [0.05, 0.1) is 11.8 Å². The molecular formula is C12H11N3O2. The predicted molar refractivity (Wildman–Crippen MR) is 60.6 cm³/mol. The molecule has 17 heavy (non-hydrogen) atoms. The van der Waals surface area contributed by atoms with Gasteiger partial charge in [0, 0.05) is 6.20 Å².